The Hall–Kier alpha value is -1.51. The second kappa shape index (κ2) is 4.65. The summed E-state index contributed by atoms with van der Waals surface area (Å²) in [7, 11) is 0. The molecule has 0 fully saturated rings. The summed E-state index contributed by atoms with van der Waals surface area (Å²) < 4.78 is 0. The molecule has 0 bridgehead atoms. The fourth-order valence-corrected chi connectivity index (χ4v) is 1.24. The van der Waals surface area contributed by atoms with Gasteiger partial charge in [-0.1, -0.05) is 19.1 Å². The molecule has 3 N–H and O–H groups in total. The number of rotatable bonds is 3. The zero-order valence-corrected chi connectivity index (χ0v) is 8.58. The molecule has 14 heavy (non-hydrogen) atoms. The Morgan fingerprint density at radius 3 is 2.50 bits per heavy atom. The molecule has 3 heteroatoms. The summed E-state index contributed by atoms with van der Waals surface area (Å²) in [6.07, 6.45) is 0. The summed E-state index contributed by atoms with van der Waals surface area (Å²) in [6, 6.07) is 7.73. The molecular formula is C11H16N2O. The molecule has 0 aromatic heterocycles. The number of amides is 1. The van der Waals surface area contributed by atoms with Crippen LogP contribution in [0.15, 0.2) is 24.3 Å². The van der Waals surface area contributed by atoms with Crippen molar-refractivity contribution in [3.63, 3.8) is 0 Å². The monoisotopic (exact) mass is 192 g/mol. The van der Waals surface area contributed by atoms with Crippen LogP contribution < -0.4 is 11.1 Å². The third-order valence-electron chi connectivity index (χ3n) is 2.16. The number of anilines is 1. The minimum Gasteiger partial charge on any atom is -0.399 e. The van der Waals surface area contributed by atoms with Crippen LogP contribution in [0.4, 0.5) is 5.69 Å². The first-order valence-electron chi connectivity index (χ1n) is 4.69. The highest BCUT2D eigenvalue weighted by atomic mass is 16.1. The zero-order valence-electron chi connectivity index (χ0n) is 8.58. The molecule has 1 atom stereocenters. The van der Waals surface area contributed by atoms with Crippen LogP contribution in [0.5, 0.6) is 0 Å². The van der Waals surface area contributed by atoms with Crippen LogP contribution in [-0.2, 0) is 4.79 Å². The molecule has 76 valence electrons. The topological polar surface area (TPSA) is 55.1 Å². The SMILES string of the molecule is CC(=O)NC[C@H](C)c1ccc(N)cc1. The van der Waals surface area contributed by atoms with Gasteiger partial charge in [0.1, 0.15) is 0 Å². The van der Waals surface area contributed by atoms with Crippen molar-refractivity contribution in [3.05, 3.63) is 29.8 Å². The van der Waals surface area contributed by atoms with Crippen LogP contribution in [0.1, 0.15) is 25.3 Å². The largest absolute Gasteiger partial charge is 0.399 e. The second-order valence-corrected chi connectivity index (χ2v) is 3.50. The van der Waals surface area contributed by atoms with Crippen molar-refractivity contribution in [2.75, 3.05) is 12.3 Å². The molecule has 0 saturated carbocycles. The summed E-state index contributed by atoms with van der Waals surface area (Å²) in [5.74, 6) is 0.326. The molecule has 0 heterocycles. The summed E-state index contributed by atoms with van der Waals surface area (Å²) in [5, 5.41) is 2.79. The van der Waals surface area contributed by atoms with Gasteiger partial charge in [-0.05, 0) is 23.6 Å². The Balaban J connectivity index is 2.56. The fraction of sp³-hybridized carbons (Fsp3) is 0.364. The number of carbonyl (C=O) groups excluding carboxylic acids is 1. The summed E-state index contributed by atoms with van der Waals surface area (Å²) in [4.78, 5) is 10.7. The first-order chi connectivity index (χ1) is 6.59. The molecule has 0 aliphatic rings. The average molecular weight is 192 g/mol. The van der Waals surface area contributed by atoms with E-state index in [0.717, 1.165) is 5.69 Å². The maximum atomic E-state index is 10.7. The van der Waals surface area contributed by atoms with Gasteiger partial charge in [-0.15, -0.1) is 0 Å². The lowest BCUT2D eigenvalue weighted by Crippen LogP contribution is -2.24. The maximum Gasteiger partial charge on any atom is 0.216 e. The lowest BCUT2D eigenvalue weighted by molar-refractivity contribution is -0.119. The number of hydrogen-bond donors (Lipinski definition) is 2. The van der Waals surface area contributed by atoms with Crippen LogP contribution >= 0.6 is 0 Å². The molecule has 1 aromatic carbocycles. The highest BCUT2D eigenvalue weighted by Gasteiger charge is 2.04. The van der Waals surface area contributed by atoms with E-state index >= 15 is 0 Å². The van der Waals surface area contributed by atoms with Crippen molar-refractivity contribution in [3.8, 4) is 0 Å². The molecule has 0 radical (unpaired) electrons. The maximum absolute atomic E-state index is 10.7. The number of carbonyl (C=O) groups is 1. The molecule has 0 aliphatic heterocycles. The van der Waals surface area contributed by atoms with Crippen molar-refractivity contribution in [1.82, 2.24) is 5.32 Å². The Morgan fingerprint density at radius 2 is 2.00 bits per heavy atom. The molecule has 3 nitrogen and oxygen atoms in total. The number of nitrogens with one attached hydrogen (secondary N) is 1. The van der Waals surface area contributed by atoms with Gasteiger partial charge in [0.15, 0.2) is 0 Å². The van der Waals surface area contributed by atoms with Crippen molar-refractivity contribution in [1.29, 1.82) is 0 Å². The molecule has 0 unspecified atom stereocenters. The molecule has 0 aliphatic carbocycles. The van der Waals surface area contributed by atoms with Crippen LogP contribution in [-0.4, -0.2) is 12.5 Å². The summed E-state index contributed by atoms with van der Waals surface area (Å²) >= 11 is 0. The third kappa shape index (κ3) is 3.09. The minimum atomic E-state index is 0.00675. The van der Waals surface area contributed by atoms with Gasteiger partial charge in [-0.25, -0.2) is 0 Å². The van der Waals surface area contributed by atoms with Gasteiger partial charge in [0.2, 0.25) is 5.91 Å². The van der Waals surface area contributed by atoms with Crippen molar-refractivity contribution >= 4 is 11.6 Å². The quantitative estimate of drug-likeness (QED) is 0.713. The predicted molar refractivity (Wildman–Crippen MR) is 58.0 cm³/mol. The van der Waals surface area contributed by atoms with Gasteiger partial charge in [-0.3, -0.25) is 4.79 Å². The van der Waals surface area contributed by atoms with Gasteiger partial charge in [0.05, 0.1) is 0 Å². The predicted octanol–water partition coefficient (Wildman–Crippen LogP) is 1.51. The molecule has 1 aromatic rings. The Morgan fingerprint density at radius 1 is 1.43 bits per heavy atom. The zero-order chi connectivity index (χ0) is 10.6. The standard InChI is InChI=1S/C11H16N2O/c1-8(7-13-9(2)14)10-3-5-11(12)6-4-10/h3-6,8H,7,12H2,1-2H3,(H,13,14)/t8-/m0/s1. The highest BCUT2D eigenvalue weighted by Crippen LogP contribution is 2.15. The van der Waals surface area contributed by atoms with E-state index in [-0.39, 0.29) is 5.91 Å². The number of hydrogen-bond acceptors (Lipinski definition) is 2. The molecule has 1 amide bonds. The van der Waals surface area contributed by atoms with E-state index in [1.165, 1.54) is 12.5 Å². The molecule has 0 spiro atoms. The Kier molecular flexibility index (Phi) is 3.51. The van der Waals surface area contributed by atoms with Gasteiger partial charge in [-0.2, -0.15) is 0 Å². The Bertz CT molecular complexity index is 306. The van der Waals surface area contributed by atoms with Gasteiger partial charge in [0, 0.05) is 19.2 Å². The first-order valence-corrected chi connectivity index (χ1v) is 4.69. The highest BCUT2D eigenvalue weighted by molar-refractivity contribution is 5.72. The average Bonchev–Trinajstić information content (AvgIpc) is 2.15. The van der Waals surface area contributed by atoms with Crippen LogP contribution in [0.25, 0.3) is 0 Å². The van der Waals surface area contributed by atoms with Crippen molar-refractivity contribution in [2.24, 2.45) is 0 Å². The lowest BCUT2D eigenvalue weighted by atomic mass is 10.0. The lowest BCUT2D eigenvalue weighted by Gasteiger charge is -2.12. The van der Waals surface area contributed by atoms with E-state index in [1.54, 1.807) is 0 Å². The van der Waals surface area contributed by atoms with Crippen molar-refractivity contribution < 1.29 is 4.79 Å². The van der Waals surface area contributed by atoms with E-state index in [1.807, 2.05) is 24.3 Å². The summed E-state index contributed by atoms with van der Waals surface area (Å²) in [5.41, 5.74) is 7.53. The normalized spacial score (nSPS) is 12.1. The van der Waals surface area contributed by atoms with Crippen LogP contribution in [0.3, 0.4) is 0 Å². The minimum absolute atomic E-state index is 0.00675. The molecular weight excluding hydrogens is 176 g/mol. The van der Waals surface area contributed by atoms with Gasteiger partial charge >= 0.3 is 0 Å². The smallest absolute Gasteiger partial charge is 0.216 e. The van der Waals surface area contributed by atoms with Crippen LogP contribution in [0.2, 0.25) is 0 Å². The van der Waals surface area contributed by atoms with Gasteiger partial charge in [0.25, 0.3) is 0 Å². The van der Waals surface area contributed by atoms with Crippen LogP contribution in [0, 0.1) is 0 Å². The fourth-order valence-electron chi connectivity index (χ4n) is 1.24. The first kappa shape index (κ1) is 10.6. The number of nitrogen functional groups attached to an aromatic ring is 1. The van der Waals surface area contributed by atoms with E-state index in [2.05, 4.69) is 12.2 Å². The molecule has 1 rings (SSSR count). The second-order valence-electron chi connectivity index (χ2n) is 3.50. The molecule has 0 saturated heterocycles. The van der Waals surface area contributed by atoms with E-state index < -0.39 is 0 Å². The number of benzene rings is 1. The number of nitrogens with two attached hydrogens (primary N) is 1. The third-order valence-corrected chi connectivity index (χ3v) is 2.16. The van der Waals surface area contributed by atoms with E-state index in [9.17, 15) is 4.79 Å². The van der Waals surface area contributed by atoms with Crippen molar-refractivity contribution in [2.45, 2.75) is 19.8 Å². The van der Waals surface area contributed by atoms with E-state index in [0.29, 0.717) is 12.5 Å². The van der Waals surface area contributed by atoms with Gasteiger partial charge < -0.3 is 11.1 Å². The van der Waals surface area contributed by atoms with E-state index in [4.69, 9.17) is 5.73 Å². The summed E-state index contributed by atoms with van der Waals surface area (Å²) in [6.45, 7) is 4.26. The Labute approximate surface area is 84.3 Å².